The summed E-state index contributed by atoms with van der Waals surface area (Å²) in [6.07, 6.45) is 5.16. The first-order valence-electron chi connectivity index (χ1n) is 6.08. The predicted octanol–water partition coefficient (Wildman–Crippen LogP) is 3.49. The normalized spacial score (nSPS) is 17.7. The molecule has 2 rings (SSSR count). The Morgan fingerprint density at radius 2 is 1.88 bits per heavy atom. The van der Waals surface area contributed by atoms with Gasteiger partial charge in [-0.25, -0.2) is 0 Å². The van der Waals surface area contributed by atoms with Crippen LogP contribution in [0.5, 0.6) is 0 Å². The van der Waals surface area contributed by atoms with Crippen molar-refractivity contribution in [2.24, 2.45) is 0 Å². The van der Waals surface area contributed by atoms with Crippen LogP contribution in [0.4, 0.5) is 0 Å². The molecule has 0 N–H and O–H groups in total. The van der Waals surface area contributed by atoms with Crippen LogP contribution >= 0.6 is 0 Å². The molecule has 1 aliphatic carbocycles. The van der Waals surface area contributed by atoms with Crippen molar-refractivity contribution < 1.29 is 9.53 Å². The van der Waals surface area contributed by atoms with Crippen LogP contribution in [-0.2, 0) is 14.9 Å². The number of aryl methyl sites for hydroxylation is 1. The Hall–Kier alpha value is -1.57. The van der Waals surface area contributed by atoms with E-state index < -0.39 is 5.41 Å². The Bertz CT molecular complexity index is 411. The molecule has 0 spiro atoms. The minimum Gasteiger partial charge on any atom is -0.434 e. The standard InChI is InChI=1S/C15H18O2/c1-3-17-14(16)15(10-4-5-11-15)13-8-6-12(2)7-9-13/h3,6-9H,1,4-5,10-11H2,2H3. The van der Waals surface area contributed by atoms with E-state index in [-0.39, 0.29) is 5.97 Å². The van der Waals surface area contributed by atoms with E-state index in [0.29, 0.717) is 0 Å². The van der Waals surface area contributed by atoms with Gasteiger partial charge in [0.15, 0.2) is 0 Å². The lowest BCUT2D eigenvalue weighted by atomic mass is 9.79. The number of carbonyl (C=O) groups is 1. The smallest absolute Gasteiger partial charge is 0.321 e. The maximum absolute atomic E-state index is 12.2. The molecule has 0 bridgehead atoms. The van der Waals surface area contributed by atoms with Gasteiger partial charge in [0.25, 0.3) is 0 Å². The molecule has 1 aromatic rings. The van der Waals surface area contributed by atoms with E-state index in [0.717, 1.165) is 31.2 Å². The number of rotatable bonds is 3. The first kappa shape index (κ1) is 11.9. The summed E-state index contributed by atoms with van der Waals surface area (Å²) in [7, 11) is 0. The van der Waals surface area contributed by atoms with Crippen molar-refractivity contribution in [2.45, 2.75) is 38.0 Å². The van der Waals surface area contributed by atoms with E-state index in [2.05, 4.69) is 18.7 Å². The van der Waals surface area contributed by atoms with Crippen molar-refractivity contribution in [2.75, 3.05) is 0 Å². The average Bonchev–Trinajstić information content (AvgIpc) is 2.81. The summed E-state index contributed by atoms with van der Waals surface area (Å²) < 4.78 is 5.04. The Balaban J connectivity index is 2.37. The molecule has 17 heavy (non-hydrogen) atoms. The van der Waals surface area contributed by atoms with E-state index in [1.165, 1.54) is 11.8 Å². The number of ether oxygens (including phenoxy) is 1. The van der Waals surface area contributed by atoms with Gasteiger partial charge in [0.2, 0.25) is 0 Å². The predicted molar refractivity (Wildman–Crippen MR) is 67.6 cm³/mol. The molecule has 2 heteroatoms. The van der Waals surface area contributed by atoms with Crippen molar-refractivity contribution in [1.82, 2.24) is 0 Å². The van der Waals surface area contributed by atoms with Crippen LogP contribution in [0, 0.1) is 6.92 Å². The molecule has 0 radical (unpaired) electrons. The quantitative estimate of drug-likeness (QED) is 0.587. The summed E-state index contributed by atoms with van der Waals surface area (Å²) in [5.74, 6) is -0.158. The van der Waals surface area contributed by atoms with E-state index in [9.17, 15) is 4.79 Å². The van der Waals surface area contributed by atoms with Crippen LogP contribution in [0.2, 0.25) is 0 Å². The van der Waals surface area contributed by atoms with Gasteiger partial charge in [0.05, 0.1) is 11.7 Å². The molecule has 1 saturated carbocycles. The Morgan fingerprint density at radius 1 is 1.29 bits per heavy atom. The van der Waals surface area contributed by atoms with Crippen molar-refractivity contribution in [1.29, 1.82) is 0 Å². The Morgan fingerprint density at radius 3 is 2.41 bits per heavy atom. The van der Waals surface area contributed by atoms with Gasteiger partial charge in [-0.1, -0.05) is 49.2 Å². The number of hydrogen-bond donors (Lipinski definition) is 0. The zero-order chi connectivity index (χ0) is 12.3. The van der Waals surface area contributed by atoms with E-state index in [1.807, 2.05) is 19.1 Å². The average molecular weight is 230 g/mol. The lowest BCUT2D eigenvalue weighted by molar-refractivity contribution is -0.144. The maximum Gasteiger partial charge on any atom is 0.321 e. The van der Waals surface area contributed by atoms with Gasteiger partial charge in [0, 0.05) is 0 Å². The van der Waals surface area contributed by atoms with Crippen LogP contribution in [0.25, 0.3) is 0 Å². The summed E-state index contributed by atoms with van der Waals surface area (Å²) in [4.78, 5) is 12.2. The molecule has 1 aromatic carbocycles. The van der Waals surface area contributed by atoms with Crippen molar-refractivity contribution in [3.05, 3.63) is 48.2 Å². The highest BCUT2D eigenvalue weighted by atomic mass is 16.5. The highest BCUT2D eigenvalue weighted by Crippen LogP contribution is 2.42. The van der Waals surface area contributed by atoms with Gasteiger partial charge in [-0.15, -0.1) is 0 Å². The van der Waals surface area contributed by atoms with Gasteiger partial charge < -0.3 is 4.74 Å². The molecule has 0 heterocycles. The lowest BCUT2D eigenvalue weighted by Gasteiger charge is -2.26. The number of benzene rings is 1. The van der Waals surface area contributed by atoms with Gasteiger partial charge in [-0.05, 0) is 25.3 Å². The van der Waals surface area contributed by atoms with Gasteiger partial charge in [-0.3, -0.25) is 4.79 Å². The number of esters is 1. The maximum atomic E-state index is 12.2. The van der Waals surface area contributed by atoms with Crippen LogP contribution in [-0.4, -0.2) is 5.97 Å². The SMILES string of the molecule is C=COC(=O)C1(c2ccc(C)cc2)CCCC1. The molecule has 0 aromatic heterocycles. The summed E-state index contributed by atoms with van der Waals surface area (Å²) >= 11 is 0. The molecule has 90 valence electrons. The second-order valence-electron chi connectivity index (χ2n) is 4.73. The molecule has 0 saturated heterocycles. The van der Waals surface area contributed by atoms with Crippen LogP contribution < -0.4 is 0 Å². The van der Waals surface area contributed by atoms with Crippen molar-refractivity contribution in [3.8, 4) is 0 Å². The van der Waals surface area contributed by atoms with Gasteiger partial charge >= 0.3 is 5.97 Å². The molecular weight excluding hydrogens is 212 g/mol. The lowest BCUT2D eigenvalue weighted by Crippen LogP contribution is -2.33. The third-order valence-corrected chi connectivity index (χ3v) is 3.64. The first-order valence-corrected chi connectivity index (χ1v) is 6.08. The topological polar surface area (TPSA) is 26.3 Å². The summed E-state index contributed by atoms with van der Waals surface area (Å²) in [6, 6.07) is 8.20. The van der Waals surface area contributed by atoms with Gasteiger partial charge in [-0.2, -0.15) is 0 Å². The van der Waals surface area contributed by atoms with E-state index in [1.54, 1.807) is 0 Å². The zero-order valence-corrected chi connectivity index (χ0v) is 10.2. The molecule has 1 fully saturated rings. The third kappa shape index (κ3) is 2.12. The molecule has 1 aliphatic rings. The molecular formula is C15H18O2. The number of hydrogen-bond acceptors (Lipinski definition) is 2. The molecule has 0 unspecified atom stereocenters. The van der Waals surface area contributed by atoms with Gasteiger partial charge in [0.1, 0.15) is 0 Å². The fraction of sp³-hybridized carbons (Fsp3) is 0.400. The first-order chi connectivity index (χ1) is 8.19. The minimum atomic E-state index is -0.443. The monoisotopic (exact) mass is 230 g/mol. The van der Waals surface area contributed by atoms with E-state index in [4.69, 9.17) is 4.74 Å². The highest BCUT2D eigenvalue weighted by molar-refractivity contribution is 5.84. The minimum absolute atomic E-state index is 0.158. The fourth-order valence-corrected chi connectivity index (χ4v) is 2.65. The molecule has 0 atom stereocenters. The molecule has 0 amide bonds. The summed E-state index contributed by atoms with van der Waals surface area (Å²) in [5.41, 5.74) is 1.84. The summed E-state index contributed by atoms with van der Waals surface area (Å²) in [5, 5.41) is 0. The zero-order valence-electron chi connectivity index (χ0n) is 10.2. The molecule has 2 nitrogen and oxygen atoms in total. The molecule has 0 aliphatic heterocycles. The highest BCUT2D eigenvalue weighted by Gasteiger charge is 2.43. The second kappa shape index (κ2) is 4.74. The summed E-state index contributed by atoms with van der Waals surface area (Å²) in [6.45, 7) is 5.52. The van der Waals surface area contributed by atoms with E-state index >= 15 is 0 Å². The number of carbonyl (C=O) groups excluding carboxylic acids is 1. The van der Waals surface area contributed by atoms with Crippen LogP contribution in [0.1, 0.15) is 36.8 Å². The van der Waals surface area contributed by atoms with Crippen molar-refractivity contribution in [3.63, 3.8) is 0 Å². The Labute approximate surface area is 102 Å². The fourth-order valence-electron chi connectivity index (χ4n) is 2.65. The largest absolute Gasteiger partial charge is 0.434 e. The third-order valence-electron chi connectivity index (χ3n) is 3.64. The Kier molecular flexibility index (Phi) is 3.32. The van der Waals surface area contributed by atoms with Crippen LogP contribution in [0.15, 0.2) is 37.1 Å². The second-order valence-corrected chi connectivity index (χ2v) is 4.73. The van der Waals surface area contributed by atoms with Crippen molar-refractivity contribution >= 4 is 5.97 Å². The van der Waals surface area contributed by atoms with Crippen LogP contribution in [0.3, 0.4) is 0 Å².